The standard InChI is InChI=1S/C27H22Cl3N5O2/c28-18-8-6-17(7-9-18)15-31-26-32-23-12-13-34(27(37)33-24-11-10-19(29)14-22(24)30)16-21(23)25(36)35(26)20-4-2-1-3-5-20/h1-11,14H,12-13,15-16H2,(H,31,32)(H,33,37). The van der Waals surface area contributed by atoms with Crippen LogP contribution in [-0.4, -0.2) is 27.0 Å². The molecule has 0 spiro atoms. The monoisotopic (exact) mass is 553 g/mol. The highest BCUT2D eigenvalue weighted by atomic mass is 35.5. The highest BCUT2D eigenvalue weighted by Gasteiger charge is 2.27. The smallest absolute Gasteiger partial charge is 0.322 e. The molecular formula is C27H22Cl3N5O2. The lowest BCUT2D eigenvalue weighted by atomic mass is 10.1. The molecule has 4 aromatic rings. The predicted octanol–water partition coefficient (Wildman–Crippen LogP) is 6.40. The van der Waals surface area contributed by atoms with E-state index in [2.05, 4.69) is 10.6 Å². The van der Waals surface area contributed by atoms with Crippen LogP contribution in [0, 0.1) is 0 Å². The summed E-state index contributed by atoms with van der Waals surface area (Å²) in [7, 11) is 0. The van der Waals surface area contributed by atoms with Crippen LogP contribution in [0.5, 0.6) is 0 Å². The molecular weight excluding hydrogens is 533 g/mol. The Labute approximate surface area is 228 Å². The summed E-state index contributed by atoms with van der Waals surface area (Å²) < 4.78 is 1.55. The summed E-state index contributed by atoms with van der Waals surface area (Å²) in [5, 5.41) is 7.58. The summed E-state index contributed by atoms with van der Waals surface area (Å²) in [5.74, 6) is 0.441. The number of para-hydroxylation sites is 1. The normalized spacial score (nSPS) is 12.7. The van der Waals surface area contributed by atoms with Gasteiger partial charge < -0.3 is 15.5 Å². The summed E-state index contributed by atoms with van der Waals surface area (Å²) in [6, 6.07) is 21.3. The van der Waals surface area contributed by atoms with Crippen molar-refractivity contribution < 1.29 is 4.79 Å². The van der Waals surface area contributed by atoms with Crippen molar-refractivity contribution in [2.75, 3.05) is 17.2 Å². The number of carbonyl (C=O) groups is 1. The van der Waals surface area contributed by atoms with Crippen molar-refractivity contribution in [2.45, 2.75) is 19.5 Å². The second-order valence-corrected chi connectivity index (χ2v) is 9.82. The molecule has 2 N–H and O–H groups in total. The molecule has 3 aromatic carbocycles. The van der Waals surface area contributed by atoms with Gasteiger partial charge >= 0.3 is 6.03 Å². The minimum atomic E-state index is -0.356. The van der Waals surface area contributed by atoms with Gasteiger partial charge in [0, 0.05) is 29.6 Å². The lowest BCUT2D eigenvalue weighted by molar-refractivity contribution is 0.205. The summed E-state index contributed by atoms with van der Waals surface area (Å²) in [6.45, 7) is 0.997. The lowest BCUT2D eigenvalue weighted by Gasteiger charge is -2.29. The number of benzene rings is 3. The number of carbonyl (C=O) groups excluding carboxylic acids is 1. The summed E-state index contributed by atoms with van der Waals surface area (Å²) in [6.07, 6.45) is 0.442. The fourth-order valence-corrected chi connectivity index (χ4v) is 4.74. The molecule has 2 amide bonds. The molecule has 0 saturated carbocycles. The van der Waals surface area contributed by atoms with Crippen LogP contribution in [0.2, 0.25) is 15.1 Å². The third-order valence-electron chi connectivity index (χ3n) is 6.07. The van der Waals surface area contributed by atoms with Crippen molar-refractivity contribution in [2.24, 2.45) is 0 Å². The number of nitrogens with zero attached hydrogens (tertiary/aromatic N) is 3. The number of fused-ring (bicyclic) bond motifs is 1. The summed E-state index contributed by atoms with van der Waals surface area (Å²) in [5.41, 5.74) is 3.05. The van der Waals surface area contributed by atoms with E-state index in [1.54, 1.807) is 27.7 Å². The molecule has 0 bridgehead atoms. The van der Waals surface area contributed by atoms with Crippen LogP contribution in [0.4, 0.5) is 16.4 Å². The minimum absolute atomic E-state index is 0.127. The molecule has 5 rings (SSSR count). The molecule has 2 heterocycles. The topological polar surface area (TPSA) is 79.3 Å². The number of hydrogen-bond acceptors (Lipinski definition) is 4. The van der Waals surface area contributed by atoms with Gasteiger partial charge in [-0.2, -0.15) is 0 Å². The second kappa shape index (κ2) is 10.8. The van der Waals surface area contributed by atoms with E-state index in [1.807, 2.05) is 54.6 Å². The number of urea groups is 1. The third kappa shape index (κ3) is 5.59. The van der Waals surface area contributed by atoms with Crippen LogP contribution in [0.3, 0.4) is 0 Å². The van der Waals surface area contributed by atoms with Crippen molar-refractivity contribution in [1.29, 1.82) is 0 Å². The Morgan fingerprint density at radius 2 is 1.68 bits per heavy atom. The zero-order valence-electron chi connectivity index (χ0n) is 19.5. The fraction of sp³-hybridized carbons (Fsp3) is 0.148. The molecule has 0 aliphatic carbocycles. The average molecular weight is 555 g/mol. The second-order valence-electron chi connectivity index (χ2n) is 8.54. The molecule has 1 aliphatic heterocycles. The van der Waals surface area contributed by atoms with Crippen molar-refractivity contribution in [3.05, 3.63) is 115 Å². The van der Waals surface area contributed by atoms with E-state index in [-0.39, 0.29) is 18.1 Å². The Morgan fingerprint density at radius 1 is 0.946 bits per heavy atom. The first-order valence-electron chi connectivity index (χ1n) is 11.6. The van der Waals surface area contributed by atoms with Gasteiger partial charge in [-0.25, -0.2) is 14.3 Å². The molecule has 10 heteroatoms. The molecule has 1 aliphatic rings. The average Bonchev–Trinajstić information content (AvgIpc) is 2.90. The van der Waals surface area contributed by atoms with Gasteiger partial charge in [0.25, 0.3) is 5.56 Å². The zero-order chi connectivity index (χ0) is 25.9. The lowest BCUT2D eigenvalue weighted by Crippen LogP contribution is -2.43. The maximum absolute atomic E-state index is 13.8. The molecule has 0 fully saturated rings. The molecule has 37 heavy (non-hydrogen) atoms. The number of hydrogen-bond donors (Lipinski definition) is 2. The van der Waals surface area contributed by atoms with Crippen LogP contribution < -0.4 is 16.2 Å². The minimum Gasteiger partial charge on any atom is -0.351 e. The van der Waals surface area contributed by atoms with Crippen LogP contribution >= 0.6 is 34.8 Å². The SMILES string of the molecule is O=C(Nc1ccc(Cl)cc1Cl)N1CCc2nc(NCc3ccc(Cl)cc3)n(-c3ccccc3)c(=O)c2C1. The van der Waals surface area contributed by atoms with E-state index in [0.717, 1.165) is 5.56 Å². The summed E-state index contributed by atoms with van der Waals surface area (Å²) in [4.78, 5) is 33.2. The number of rotatable bonds is 5. The van der Waals surface area contributed by atoms with E-state index < -0.39 is 0 Å². The first-order chi connectivity index (χ1) is 17.9. The van der Waals surface area contributed by atoms with E-state index in [4.69, 9.17) is 39.8 Å². The third-order valence-corrected chi connectivity index (χ3v) is 6.87. The molecule has 1 aromatic heterocycles. The number of aromatic nitrogens is 2. The molecule has 7 nitrogen and oxygen atoms in total. The van der Waals surface area contributed by atoms with Gasteiger partial charge in [0.2, 0.25) is 5.95 Å². The molecule has 0 radical (unpaired) electrons. The van der Waals surface area contributed by atoms with Gasteiger partial charge in [0.05, 0.1) is 34.2 Å². The van der Waals surface area contributed by atoms with E-state index in [1.165, 1.54) is 0 Å². The highest BCUT2D eigenvalue weighted by molar-refractivity contribution is 6.36. The molecule has 0 atom stereocenters. The first-order valence-corrected chi connectivity index (χ1v) is 12.7. The molecule has 188 valence electrons. The van der Waals surface area contributed by atoms with E-state index in [0.29, 0.717) is 63.2 Å². The van der Waals surface area contributed by atoms with Gasteiger partial charge in [0.15, 0.2) is 0 Å². The largest absolute Gasteiger partial charge is 0.351 e. The quantitative estimate of drug-likeness (QED) is 0.299. The Balaban J connectivity index is 1.44. The van der Waals surface area contributed by atoms with Gasteiger partial charge in [-0.1, -0.05) is 65.1 Å². The van der Waals surface area contributed by atoms with E-state index in [9.17, 15) is 9.59 Å². The zero-order valence-corrected chi connectivity index (χ0v) is 21.8. The Bertz CT molecular complexity index is 1510. The van der Waals surface area contributed by atoms with Gasteiger partial charge in [0.1, 0.15) is 0 Å². The number of halogens is 3. The van der Waals surface area contributed by atoms with Crippen molar-refractivity contribution in [3.63, 3.8) is 0 Å². The van der Waals surface area contributed by atoms with Crippen LogP contribution in [0.25, 0.3) is 5.69 Å². The summed E-state index contributed by atoms with van der Waals surface area (Å²) >= 11 is 18.2. The van der Waals surface area contributed by atoms with Crippen molar-refractivity contribution in [3.8, 4) is 5.69 Å². The van der Waals surface area contributed by atoms with Gasteiger partial charge in [-0.3, -0.25) is 4.79 Å². The Hall–Kier alpha value is -3.52. The van der Waals surface area contributed by atoms with Gasteiger partial charge in [-0.15, -0.1) is 0 Å². The Kier molecular flexibility index (Phi) is 7.37. The van der Waals surface area contributed by atoms with Crippen molar-refractivity contribution >= 4 is 52.5 Å². The molecule has 0 unspecified atom stereocenters. The predicted molar refractivity (Wildman–Crippen MR) is 148 cm³/mol. The highest BCUT2D eigenvalue weighted by Crippen LogP contribution is 2.26. The maximum atomic E-state index is 13.8. The van der Waals surface area contributed by atoms with Gasteiger partial charge in [-0.05, 0) is 48.0 Å². The number of anilines is 2. The van der Waals surface area contributed by atoms with Crippen LogP contribution in [0.15, 0.2) is 77.6 Å². The number of amides is 2. The Morgan fingerprint density at radius 3 is 2.41 bits per heavy atom. The first kappa shape index (κ1) is 25.1. The maximum Gasteiger partial charge on any atom is 0.322 e. The fourth-order valence-electron chi connectivity index (χ4n) is 4.15. The van der Waals surface area contributed by atoms with E-state index >= 15 is 0 Å². The molecule has 0 saturated heterocycles. The van der Waals surface area contributed by atoms with Crippen LogP contribution in [-0.2, 0) is 19.5 Å². The van der Waals surface area contributed by atoms with Crippen molar-refractivity contribution in [1.82, 2.24) is 14.5 Å². The number of nitrogens with one attached hydrogen (secondary N) is 2. The van der Waals surface area contributed by atoms with Crippen LogP contribution in [0.1, 0.15) is 16.8 Å².